The fourth-order valence-corrected chi connectivity index (χ4v) is 4.34. The Morgan fingerprint density at radius 1 is 1.12 bits per heavy atom. The molecule has 1 aliphatic rings. The van der Waals surface area contributed by atoms with Gasteiger partial charge in [-0.2, -0.15) is 23.4 Å². The largest absolute Gasteiger partial charge is 0.490 e. The van der Waals surface area contributed by atoms with Gasteiger partial charge in [-0.05, 0) is 38.5 Å². The summed E-state index contributed by atoms with van der Waals surface area (Å²) in [6.45, 7) is 8.92. The van der Waals surface area contributed by atoms with Crippen molar-refractivity contribution in [3.8, 4) is 11.3 Å². The van der Waals surface area contributed by atoms with Gasteiger partial charge < -0.3 is 20.1 Å². The Morgan fingerprint density at radius 2 is 1.79 bits per heavy atom. The summed E-state index contributed by atoms with van der Waals surface area (Å²) >= 11 is 6.40. The van der Waals surface area contributed by atoms with Crippen molar-refractivity contribution in [2.24, 2.45) is 0 Å². The predicted octanol–water partition coefficient (Wildman–Crippen LogP) is 4.54. The van der Waals surface area contributed by atoms with Gasteiger partial charge in [-0.1, -0.05) is 17.7 Å². The third kappa shape index (κ3) is 7.40. The Morgan fingerprint density at radius 3 is 2.40 bits per heavy atom. The van der Waals surface area contributed by atoms with E-state index in [4.69, 9.17) is 26.2 Å². The smallest absolute Gasteiger partial charge is 0.475 e. The number of benzene rings is 1. The van der Waals surface area contributed by atoms with Gasteiger partial charge in [-0.15, -0.1) is 0 Å². The number of nitrogens with zero attached hydrogens (tertiary/aromatic N) is 6. The molecule has 5 rings (SSSR count). The van der Waals surface area contributed by atoms with Crippen molar-refractivity contribution in [1.29, 1.82) is 0 Å². The first-order valence-electron chi connectivity index (χ1n) is 12.9. The average Bonchev–Trinajstić information content (AvgIpc) is 3.62. The molecule has 0 radical (unpaired) electrons. The second-order valence-electron chi connectivity index (χ2n) is 10.5. The number of anilines is 1. The first kappa shape index (κ1) is 31.7. The van der Waals surface area contributed by atoms with Crippen molar-refractivity contribution in [2.75, 3.05) is 31.2 Å². The van der Waals surface area contributed by atoms with Crippen molar-refractivity contribution in [3.63, 3.8) is 0 Å². The SMILES string of the molecule is CC(C)(C)n1cc(C(=O)NCc2ccc(-c3ncnn4cc(N5CCOCC5)cc34)c(F)c2Cl)cn1.O=C(O)C(F)(F)F. The van der Waals surface area contributed by atoms with E-state index < -0.39 is 18.0 Å². The number of rotatable bonds is 5. The van der Waals surface area contributed by atoms with Crippen LogP contribution in [0.1, 0.15) is 36.7 Å². The van der Waals surface area contributed by atoms with E-state index in [2.05, 4.69) is 25.4 Å². The van der Waals surface area contributed by atoms with E-state index >= 15 is 4.39 Å². The number of ether oxygens (including phenoxy) is 1. The van der Waals surface area contributed by atoms with Crippen LogP contribution < -0.4 is 10.2 Å². The van der Waals surface area contributed by atoms with Crippen molar-refractivity contribution in [2.45, 2.75) is 39.0 Å². The number of hydrogen-bond acceptors (Lipinski definition) is 7. The van der Waals surface area contributed by atoms with E-state index in [0.717, 1.165) is 18.8 Å². The van der Waals surface area contributed by atoms with Gasteiger partial charge in [-0.3, -0.25) is 9.48 Å². The third-order valence-corrected chi connectivity index (χ3v) is 6.81. The van der Waals surface area contributed by atoms with Crippen molar-refractivity contribution in [1.82, 2.24) is 29.7 Å². The Labute approximate surface area is 248 Å². The van der Waals surface area contributed by atoms with Crippen LogP contribution in [0, 0.1) is 5.82 Å². The quantitative estimate of drug-likeness (QED) is 0.310. The molecule has 1 fully saturated rings. The topological polar surface area (TPSA) is 127 Å². The van der Waals surface area contributed by atoms with Crippen LogP contribution in [-0.2, 0) is 21.6 Å². The van der Waals surface area contributed by atoms with Crippen LogP contribution in [0.25, 0.3) is 16.8 Å². The number of aromatic nitrogens is 5. The molecule has 3 aromatic heterocycles. The molecule has 0 bridgehead atoms. The zero-order valence-corrected chi connectivity index (χ0v) is 24.1. The number of nitrogens with one attached hydrogen (secondary N) is 1. The molecule has 43 heavy (non-hydrogen) atoms. The summed E-state index contributed by atoms with van der Waals surface area (Å²) in [7, 11) is 0. The van der Waals surface area contributed by atoms with Gasteiger partial charge >= 0.3 is 12.1 Å². The highest BCUT2D eigenvalue weighted by Crippen LogP contribution is 2.33. The predicted molar refractivity (Wildman–Crippen MR) is 149 cm³/mol. The highest BCUT2D eigenvalue weighted by Gasteiger charge is 2.38. The van der Waals surface area contributed by atoms with Crippen LogP contribution >= 0.6 is 11.6 Å². The van der Waals surface area contributed by atoms with Crippen LogP contribution in [0.15, 0.2) is 43.1 Å². The highest BCUT2D eigenvalue weighted by molar-refractivity contribution is 6.31. The van der Waals surface area contributed by atoms with Crippen molar-refractivity contribution >= 4 is 34.7 Å². The van der Waals surface area contributed by atoms with Crippen LogP contribution in [0.2, 0.25) is 5.02 Å². The molecular weight excluding hydrogens is 598 g/mol. The molecule has 0 spiro atoms. The zero-order chi connectivity index (χ0) is 31.5. The van der Waals surface area contributed by atoms with Gasteiger partial charge in [0.1, 0.15) is 12.0 Å². The lowest BCUT2D eigenvalue weighted by atomic mass is 10.1. The standard InChI is InChI=1S/C25H27ClFN7O2.C2HF3O2/c1-25(2,3)34-13-17(12-30-34)24(35)28-11-16-4-5-19(22(27)21(16)26)23-20-10-18(14-33(20)31-15-29-23)32-6-8-36-9-7-32;3-2(4,5)1(6)7/h4-5,10,12-15H,6-9,11H2,1-3H3,(H,28,35);(H,6,7). The highest BCUT2D eigenvalue weighted by atomic mass is 35.5. The Balaban J connectivity index is 0.000000541. The van der Waals surface area contributed by atoms with E-state index in [0.29, 0.717) is 35.6 Å². The molecule has 1 aromatic carbocycles. The number of halogens is 5. The minimum atomic E-state index is -5.08. The lowest BCUT2D eigenvalue weighted by Gasteiger charge is -2.27. The number of fused-ring (bicyclic) bond motifs is 1. The number of alkyl halides is 3. The molecule has 0 atom stereocenters. The number of amides is 1. The number of hydrogen-bond donors (Lipinski definition) is 2. The summed E-state index contributed by atoms with van der Waals surface area (Å²) in [5.74, 6) is -3.67. The summed E-state index contributed by atoms with van der Waals surface area (Å²) in [5.41, 5.74) is 2.99. The molecule has 4 heterocycles. The molecule has 1 amide bonds. The summed E-state index contributed by atoms with van der Waals surface area (Å²) in [6, 6.07) is 5.27. The first-order chi connectivity index (χ1) is 20.2. The molecule has 0 unspecified atom stereocenters. The molecule has 1 aliphatic heterocycles. The Hall–Kier alpha value is -4.24. The van der Waals surface area contributed by atoms with E-state index in [1.54, 1.807) is 27.5 Å². The summed E-state index contributed by atoms with van der Waals surface area (Å²) < 4.78 is 56.0. The monoisotopic (exact) mass is 625 g/mol. The number of carbonyl (C=O) groups is 2. The van der Waals surface area contributed by atoms with Crippen molar-refractivity contribution in [3.05, 3.63) is 65.1 Å². The van der Waals surface area contributed by atoms with Gasteiger partial charge in [0.25, 0.3) is 5.91 Å². The molecule has 11 nitrogen and oxygen atoms in total. The van der Waals surface area contributed by atoms with Crippen LogP contribution in [0.5, 0.6) is 0 Å². The van der Waals surface area contributed by atoms with E-state index in [9.17, 15) is 18.0 Å². The number of carboxylic acid groups (broad SMARTS) is 1. The number of carboxylic acids is 1. The number of morpholine rings is 1. The summed E-state index contributed by atoms with van der Waals surface area (Å²) in [4.78, 5) is 28.0. The molecule has 16 heteroatoms. The number of aliphatic carboxylic acids is 1. The number of carbonyl (C=O) groups excluding carboxylic acids is 1. The third-order valence-electron chi connectivity index (χ3n) is 6.40. The molecule has 230 valence electrons. The van der Waals surface area contributed by atoms with Gasteiger partial charge in [0.15, 0.2) is 5.82 Å². The van der Waals surface area contributed by atoms with Crippen molar-refractivity contribution < 1.29 is 37.0 Å². The maximum absolute atomic E-state index is 15.5. The average molecular weight is 626 g/mol. The maximum Gasteiger partial charge on any atom is 0.490 e. The molecular formula is C27H28ClF4N7O4. The van der Waals surface area contributed by atoms with E-state index in [1.165, 1.54) is 12.5 Å². The summed E-state index contributed by atoms with van der Waals surface area (Å²) in [5, 5.41) is 18.4. The molecule has 0 saturated carbocycles. The van der Waals surface area contributed by atoms with Gasteiger partial charge in [0, 0.05) is 31.4 Å². The minimum absolute atomic E-state index is 0.0603. The second-order valence-corrected chi connectivity index (χ2v) is 10.8. The normalized spacial score (nSPS) is 13.9. The van der Waals surface area contributed by atoms with E-state index in [-0.39, 0.29) is 28.6 Å². The summed E-state index contributed by atoms with van der Waals surface area (Å²) in [6.07, 6.45) is 1.40. The Bertz CT molecular complexity index is 1630. The van der Waals surface area contributed by atoms with E-state index in [1.807, 2.05) is 33.0 Å². The minimum Gasteiger partial charge on any atom is -0.475 e. The van der Waals surface area contributed by atoms with Crippen LogP contribution in [-0.4, -0.2) is 73.8 Å². The van der Waals surface area contributed by atoms with Gasteiger partial charge in [-0.25, -0.2) is 18.7 Å². The Kier molecular flexibility index (Phi) is 9.25. The second kappa shape index (κ2) is 12.6. The first-order valence-corrected chi connectivity index (χ1v) is 13.3. The van der Waals surface area contributed by atoms with Crippen LogP contribution in [0.3, 0.4) is 0 Å². The lowest BCUT2D eigenvalue weighted by Crippen LogP contribution is -2.35. The van der Waals surface area contributed by atoms with Gasteiger partial charge in [0.2, 0.25) is 0 Å². The van der Waals surface area contributed by atoms with Crippen LogP contribution in [0.4, 0.5) is 23.2 Å². The molecule has 4 aromatic rings. The fourth-order valence-electron chi connectivity index (χ4n) is 4.11. The molecule has 1 saturated heterocycles. The van der Waals surface area contributed by atoms with Gasteiger partial charge in [0.05, 0.1) is 52.9 Å². The fraction of sp³-hybridized carbons (Fsp3) is 0.370. The molecule has 2 N–H and O–H groups in total. The molecule has 0 aliphatic carbocycles. The lowest BCUT2D eigenvalue weighted by molar-refractivity contribution is -0.192. The maximum atomic E-state index is 15.5. The zero-order valence-electron chi connectivity index (χ0n) is 23.3.